The summed E-state index contributed by atoms with van der Waals surface area (Å²) < 4.78 is 87.2. The lowest BCUT2D eigenvalue weighted by Crippen LogP contribution is -2.42. The van der Waals surface area contributed by atoms with Gasteiger partial charge in [0.05, 0.1) is 40.1 Å². The van der Waals surface area contributed by atoms with E-state index in [1.807, 2.05) is 25.1 Å². The van der Waals surface area contributed by atoms with Crippen LogP contribution < -0.4 is 9.64 Å². The number of anilines is 1. The molecule has 3 aromatic carbocycles. The predicted octanol–water partition coefficient (Wildman–Crippen LogP) is 8.70. The molecule has 5 nitrogen and oxygen atoms in total. The Morgan fingerprint density at radius 2 is 1.40 bits per heavy atom. The molecule has 4 aromatic rings. The molecule has 1 amide bonds. The van der Waals surface area contributed by atoms with E-state index in [9.17, 15) is 31.1 Å². The number of nitrogens with zero attached hydrogens (tertiary/aromatic N) is 3. The zero-order chi connectivity index (χ0) is 31.7. The fourth-order valence-electron chi connectivity index (χ4n) is 4.53. The number of amides is 1. The second-order valence-corrected chi connectivity index (χ2v) is 10.4. The van der Waals surface area contributed by atoms with Gasteiger partial charge < -0.3 is 9.64 Å². The molecule has 0 atom stereocenters. The number of rotatable bonds is 6. The second kappa shape index (κ2) is 11.4. The molecule has 0 saturated carbocycles. The molecule has 43 heavy (non-hydrogen) atoms. The Morgan fingerprint density at radius 3 is 1.93 bits per heavy atom. The Bertz CT molecular complexity index is 1670. The smallest absolute Gasteiger partial charge is 0.416 e. The van der Waals surface area contributed by atoms with Gasteiger partial charge in [-0.15, -0.1) is 0 Å². The topological polar surface area (TPSA) is 66.2 Å². The normalized spacial score (nSPS) is 12.0. The van der Waals surface area contributed by atoms with E-state index in [4.69, 9.17) is 10.00 Å². The van der Waals surface area contributed by atoms with Crippen molar-refractivity contribution < 1.29 is 35.9 Å². The number of alkyl halides is 6. The highest BCUT2D eigenvalue weighted by atomic mass is 19.4. The van der Waals surface area contributed by atoms with Gasteiger partial charge in [0.1, 0.15) is 5.75 Å². The van der Waals surface area contributed by atoms with Gasteiger partial charge in [0.25, 0.3) is 0 Å². The van der Waals surface area contributed by atoms with Gasteiger partial charge in [-0.25, -0.2) is 4.98 Å². The van der Waals surface area contributed by atoms with Gasteiger partial charge in [-0.05, 0) is 79.9 Å². The van der Waals surface area contributed by atoms with Crippen molar-refractivity contribution in [2.75, 3.05) is 11.9 Å². The van der Waals surface area contributed by atoms with E-state index in [-0.39, 0.29) is 17.6 Å². The van der Waals surface area contributed by atoms with Crippen LogP contribution in [0.1, 0.15) is 41.7 Å². The van der Waals surface area contributed by atoms with E-state index in [2.05, 4.69) is 4.98 Å². The van der Waals surface area contributed by atoms with Crippen molar-refractivity contribution in [3.05, 3.63) is 107 Å². The van der Waals surface area contributed by atoms with E-state index in [0.29, 0.717) is 34.6 Å². The minimum Gasteiger partial charge on any atom is -0.439 e. The highest BCUT2D eigenvalue weighted by Gasteiger charge is 2.41. The van der Waals surface area contributed by atoms with Crippen LogP contribution in [-0.4, -0.2) is 17.9 Å². The van der Waals surface area contributed by atoms with Gasteiger partial charge in [0, 0.05) is 18.7 Å². The Labute approximate surface area is 244 Å². The number of nitriles is 1. The number of halogens is 6. The van der Waals surface area contributed by atoms with Gasteiger partial charge in [0.15, 0.2) is 0 Å². The lowest BCUT2D eigenvalue weighted by molar-refractivity contribution is -0.143. The van der Waals surface area contributed by atoms with Crippen molar-refractivity contribution in [3.8, 4) is 28.8 Å². The molecule has 0 aliphatic heterocycles. The molecule has 0 bridgehead atoms. The molecule has 11 heteroatoms. The van der Waals surface area contributed by atoms with Crippen molar-refractivity contribution in [1.82, 2.24) is 4.98 Å². The maximum absolute atomic E-state index is 13.9. The first-order chi connectivity index (χ1) is 20.0. The number of aryl methyl sites for hydroxylation is 1. The highest BCUT2D eigenvalue weighted by molar-refractivity contribution is 6.03. The van der Waals surface area contributed by atoms with Gasteiger partial charge >= 0.3 is 12.4 Å². The summed E-state index contributed by atoms with van der Waals surface area (Å²) in [4.78, 5) is 19.3. The summed E-state index contributed by atoms with van der Waals surface area (Å²) >= 11 is 0. The monoisotopic (exact) mass is 597 g/mol. The first kappa shape index (κ1) is 31.1. The Morgan fingerprint density at radius 1 is 0.837 bits per heavy atom. The molecule has 0 saturated heterocycles. The van der Waals surface area contributed by atoms with E-state index < -0.39 is 40.4 Å². The number of hydrogen-bond acceptors (Lipinski definition) is 4. The zero-order valence-electron chi connectivity index (χ0n) is 23.4. The summed E-state index contributed by atoms with van der Waals surface area (Å²) in [5, 5.41) is 9.03. The first-order valence-corrected chi connectivity index (χ1v) is 12.8. The molecule has 0 N–H and O–H groups in total. The lowest BCUT2D eigenvalue weighted by atomic mass is 9.81. The summed E-state index contributed by atoms with van der Waals surface area (Å²) in [6.45, 7) is 4.38. The molecule has 0 spiro atoms. The van der Waals surface area contributed by atoms with E-state index >= 15 is 0 Å². The predicted molar refractivity (Wildman–Crippen MR) is 149 cm³/mol. The number of ether oxygens (including phenoxy) is 1. The average molecular weight is 598 g/mol. The third kappa shape index (κ3) is 6.64. The molecule has 4 rings (SSSR count). The van der Waals surface area contributed by atoms with Crippen LogP contribution in [0.5, 0.6) is 11.6 Å². The molecule has 222 valence electrons. The van der Waals surface area contributed by atoms with Crippen LogP contribution in [0.25, 0.3) is 11.1 Å². The molecular weight excluding hydrogens is 572 g/mol. The maximum Gasteiger partial charge on any atom is 0.416 e. The van der Waals surface area contributed by atoms with Crippen molar-refractivity contribution in [1.29, 1.82) is 5.26 Å². The number of benzene rings is 3. The van der Waals surface area contributed by atoms with E-state index in [0.717, 1.165) is 10.5 Å². The summed E-state index contributed by atoms with van der Waals surface area (Å²) in [5.74, 6) is -0.220. The molecule has 0 radical (unpaired) electrons. The van der Waals surface area contributed by atoms with E-state index in [1.54, 1.807) is 42.5 Å². The molecule has 0 aliphatic carbocycles. The minimum atomic E-state index is -5.06. The largest absolute Gasteiger partial charge is 0.439 e. The van der Waals surface area contributed by atoms with Crippen LogP contribution in [0.4, 0.5) is 32.0 Å². The third-order valence-electron chi connectivity index (χ3n) is 7.01. The SMILES string of the molecule is Cc1ccccc1-c1cc(Oc2ccc(C#N)cc2)ncc1N(C)C(=O)C(C)(C)c1cc(C(F)(F)F)cc(C(F)(F)F)c1. The highest BCUT2D eigenvalue weighted by Crippen LogP contribution is 2.41. The average Bonchev–Trinajstić information content (AvgIpc) is 2.96. The van der Waals surface area contributed by atoms with Gasteiger partial charge in [-0.2, -0.15) is 31.6 Å². The molecule has 1 aromatic heterocycles. The van der Waals surface area contributed by atoms with Crippen molar-refractivity contribution in [2.24, 2.45) is 0 Å². The number of carbonyl (C=O) groups excluding carboxylic acids is 1. The Kier molecular flexibility index (Phi) is 8.27. The lowest BCUT2D eigenvalue weighted by Gasteiger charge is -2.32. The molecule has 0 fully saturated rings. The quantitative estimate of drug-likeness (QED) is 0.209. The van der Waals surface area contributed by atoms with Crippen molar-refractivity contribution in [3.63, 3.8) is 0 Å². The molecular formula is C32H25F6N3O2. The number of pyridine rings is 1. The number of carbonyl (C=O) groups is 1. The van der Waals surface area contributed by atoms with Crippen LogP contribution in [-0.2, 0) is 22.6 Å². The van der Waals surface area contributed by atoms with Crippen LogP contribution >= 0.6 is 0 Å². The van der Waals surface area contributed by atoms with Gasteiger partial charge in [0.2, 0.25) is 11.8 Å². The van der Waals surface area contributed by atoms with E-state index in [1.165, 1.54) is 27.1 Å². The molecule has 0 aliphatic rings. The van der Waals surface area contributed by atoms with Crippen LogP contribution in [0, 0.1) is 18.3 Å². The number of aromatic nitrogens is 1. The van der Waals surface area contributed by atoms with Crippen LogP contribution in [0.2, 0.25) is 0 Å². The number of likely N-dealkylation sites (N-methyl/N-ethyl adjacent to an activating group) is 1. The summed E-state index contributed by atoms with van der Waals surface area (Å²) in [5.41, 5.74) is -2.57. The van der Waals surface area contributed by atoms with Crippen molar-refractivity contribution in [2.45, 2.75) is 38.5 Å². The summed E-state index contributed by atoms with van der Waals surface area (Å²) in [7, 11) is 1.38. The summed E-state index contributed by atoms with van der Waals surface area (Å²) in [6.07, 6.45) is -8.77. The minimum absolute atomic E-state index is 0.0283. The third-order valence-corrected chi connectivity index (χ3v) is 7.01. The maximum atomic E-state index is 13.9. The molecule has 0 unspecified atom stereocenters. The summed E-state index contributed by atoms with van der Waals surface area (Å²) in [6, 6.07) is 18.3. The standard InChI is InChI=1S/C32H25F6N3O2/c1-19-7-5-6-8-25(19)26-16-28(43-24-11-9-20(17-39)10-12-24)40-18-27(26)41(4)29(42)30(2,3)21-13-22(31(33,34)35)15-23(14-21)32(36,37)38/h5-16,18H,1-4H3. The van der Waals surface area contributed by atoms with Gasteiger partial charge in [-0.3, -0.25) is 4.79 Å². The zero-order valence-corrected chi connectivity index (χ0v) is 23.4. The Balaban J connectivity index is 1.79. The second-order valence-electron chi connectivity index (χ2n) is 10.4. The number of hydrogen-bond donors (Lipinski definition) is 0. The first-order valence-electron chi connectivity index (χ1n) is 12.8. The van der Waals surface area contributed by atoms with Gasteiger partial charge in [-0.1, -0.05) is 24.3 Å². The fourth-order valence-corrected chi connectivity index (χ4v) is 4.53. The van der Waals surface area contributed by atoms with Crippen LogP contribution in [0.3, 0.4) is 0 Å². The van der Waals surface area contributed by atoms with Crippen molar-refractivity contribution >= 4 is 11.6 Å². The van der Waals surface area contributed by atoms with Crippen LogP contribution in [0.15, 0.2) is 79.0 Å². The fraction of sp³-hybridized carbons (Fsp3) is 0.219. The molecule has 1 heterocycles. The Hall–Kier alpha value is -4.85.